The second-order valence-electron chi connectivity index (χ2n) is 6.59. The number of rotatable bonds is 2. The molecule has 27 heavy (non-hydrogen) atoms. The highest BCUT2D eigenvalue weighted by molar-refractivity contribution is 7.13. The molecule has 0 unspecified atom stereocenters. The van der Waals surface area contributed by atoms with Crippen molar-refractivity contribution < 1.29 is 4.79 Å². The minimum absolute atomic E-state index is 0.152. The van der Waals surface area contributed by atoms with Gasteiger partial charge in [0.05, 0.1) is 34.9 Å². The number of aromatic nitrogens is 5. The van der Waals surface area contributed by atoms with Crippen molar-refractivity contribution in [2.45, 2.75) is 20.0 Å². The zero-order valence-electron chi connectivity index (χ0n) is 14.8. The lowest BCUT2D eigenvalue weighted by Gasteiger charge is -2.14. The maximum atomic E-state index is 13.0. The number of fused-ring (bicyclic) bond motifs is 2. The molecule has 0 aromatic carbocycles. The summed E-state index contributed by atoms with van der Waals surface area (Å²) in [5.41, 5.74) is 4.00. The van der Waals surface area contributed by atoms with Crippen LogP contribution in [0.2, 0.25) is 0 Å². The number of nitrogens with one attached hydrogen (secondary N) is 1. The first kappa shape index (κ1) is 16.0. The number of H-pyrrole nitrogens is 1. The van der Waals surface area contributed by atoms with E-state index >= 15 is 0 Å². The molecule has 0 radical (unpaired) electrons. The average molecular weight is 380 g/mol. The molecule has 136 valence electrons. The predicted molar refractivity (Wildman–Crippen MR) is 101 cm³/mol. The fraction of sp³-hybridized carbons (Fsp3) is 0.222. The third kappa shape index (κ3) is 2.28. The van der Waals surface area contributed by atoms with Crippen LogP contribution in [0.4, 0.5) is 0 Å². The van der Waals surface area contributed by atoms with E-state index in [0.717, 1.165) is 16.1 Å². The number of hydrogen-bond donors (Lipinski definition) is 1. The summed E-state index contributed by atoms with van der Waals surface area (Å²) in [6.07, 6.45) is 1.59. The van der Waals surface area contributed by atoms with Crippen molar-refractivity contribution in [3.63, 3.8) is 0 Å². The molecule has 9 heteroatoms. The average Bonchev–Trinajstić information content (AvgIpc) is 3.42. The molecule has 0 fully saturated rings. The van der Waals surface area contributed by atoms with Gasteiger partial charge in [-0.1, -0.05) is 6.07 Å². The highest BCUT2D eigenvalue weighted by Crippen LogP contribution is 2.29. The number of hydrogen-bond acceptors (Lipinski definition) is 5. The maximum absolute atomic E-state index is 13.0. The standard InChI is InChI=1S/C18H16N6O2S/c1-10-15(14-4-3-7-27-14)21-24-16(10)20-12-9-23(8-11(12)17(24)25)18(26)13-5-6-19-22(13)2/h3-7,21H,8-9H2,1-2H3. The van der Waals surface area contributed by atoms with Crippen molar-refractivity contribution in [2.75, 3.05) is 0 Å². The van der Waals surface area contributed by atoms with Gasteiger partial charge in [0.2, 0.25) is 0 Å². The second-order valence-corrected chi connectivity index (χ2v) is 7.54. The van der Waals surface area contributed by atoms with Crippen LogP contribution < -0.4 is 5.56 Å². The Hall–Kier alpha value is -3.20. The summed E-state index contributed by atoms with van der Waals surface area (Å²) in [5, 5.41) is 9.22. The van der Waals surface area contributed by atoms with Gasteiger partial charge >= 0.3 is 0 Å². The van der Waals surface area contributed by atoms with Crippen LogP contribution in [0.5, 0.6) is 0 Å². The lowest BCUT2D eigenvalue weighted by Crippen LogP contribution is -2.28. The molecule has 0 bridgehead atoms. The molecule has 5 heterocycles. The van der Waals surface area contributed by atoms with E-state index in [1.54, 1.807) is 35.5 Å². The molecule has 1 aliphatic rings. The summed E-state index contributed by atoms with van der Waals surface area (Å²) in [5.74, 6) is -0.156. The van der Waals surface area contributed by atoms with Crippen LogP contribution in [-0.2, 0) is 20.1 Å². The summed E-state index contributed by atoms with van der Waals surface area (Å²) in [6, 6.07) is 5.66. The van der Waals surface area contributed by atoms with Crippen molar-refractivity contribution in [1.29, 1.82) is 0 Å². The van der Waals surface area contributed by atoms with E-state index in [4.69, 9.17) is 4.98 Å². The third-order valence-corrected chi connectivity index (χ3v) is 5.87. The Kier molecular flexibility index (Phi) is 3.35. The molecule has 4 aromatic heterocycles. The van der Waals surface area contributed by atoms with Crippen LogP contribution in [-0.4, -0.2) is 35.2 Å². The first-order chi connectivity index (χ1) is 13.0. The zero-order chi connectivity index (χ0) is 18.7. The Morgan fingerprint density at radius 3 is 2.85 bits per heavy atom. The number of aryl methyl sites for hydroxylation is 2. The number of aromatic amines is 1. The molecule has 0 atom stereocenters. The van der Waals surface area contributed by atoms with Crippen LogP contribution in [0.1, 0.15) is 27.3 Å². The molecule has 0 spiro atoms. The zero-order valence-corrected chi connectivity index (χ0v) is 15.6. The SMILES string of the molecule is Cc1c(-c2cccs2)[nH]n2c(=O)c3c(nc12)CN(C(=O)c1ccnn1C)C3. The molecule has 5 rings (SSSR count). The molecule has 1 N–H and O–H groups in total. The summed E-state index contributed by atoms with van der Waals surface area (Å²) >= 11 is 1.61. The molecule has 0 saturated heterocycles. The Bertz CT molecular complexity index is 1250. The minimum atomic E-state index is -0.156. The van der Waals surface area contributed by atoms with Gasteiger partial charge in [-0.25, -0.2) is 9.50 Å². The lowest BCUT2D eigenvalue weighted by molar-refractivity contribution is 0.0739. The van der Waals surface area contributed by atoms with E-state index in [2.05, 4.69) is 10.2 Å². The summed E-state index contributed by atoms with van der Waals surface area (Å²) < 4.78 is 3.02. The van der Waals surface area contributed by atoms with Gasteiger partial charge in [0.1, 0.15) is 5.69 Å². The Morgan fingerprint density at radius 1 is 1.30 bits per heavy atom. The van der Waals surface area contributed by atoms with Gasteiger partial charge in [-0.2, -0.15) is 5.10 Å². The topological polar surface area (TPSA) is 88.3 Å². The van der Waals surface area contributed by atoms with Gasteiger partial charge in [-0.3, -0.25) is 19.4 Å². The number of thiophene rings is 1. The van der Waals surface area contributed by atoms with Gasteiger partial charge in [0, 0.05) is 18.8 Å². The van der Waals surface area contributed by atoms with E-state index in [1.165, 1.54) is 9.20 Å². The quantitative estimate of drug-likeness (QED) is 0.576. The Labute approximate surface area is 157 Å². The van der Waals surface area contributed by atoms with E-state index in [-0.39, 0.29) is 18.0 Å². The molecule has 8 nitrogen and oxygen atoms in total. The van der Waals surface area contributed by atoms with E-state index in [0.29, 0.717) is 29.1 Å². The molecular weight excluding hydrogens is 364 g/mol. The van der Waals surface area contributed by atoms with Crippen LogP contribution in [0.15, 0.2) is 34.6 Å². The Balaban J connectivity index is 1.58. The summed E-state index contributed by atoms with van der Waals surface area (Å²) in [7, 11) is 1.72. The number of carbonyl (C=O) groups excluding carboxylic acids is 1. The minimum Gasteiger partial charge on any atom is -0.327 e. The predicted octanol–water partition coefficient (Wildman–Crippen LogP) is 1.95. The second kappa shape index (κ2) is 5.65. The highest BCUT2D eigenvalue weighted by Gasteiger charge is 2.30. The molecule has 0 aliphatic carbocycles. The van der Waals surface area contributed by atoms with E-state index in [1.807, 2.05) is 24.4 Å². The van der Waals surface area contributed by atoms with Crippen molar-refractivity contribution in [3.8, 4) is 10.6 Å². The first-order valence-electron chi connectivity index (χ1n) is 8.49. The van der Waals surface area contributed by atoms with Crippen molar-refractivity contribution in [1.82, 2.24) is 29.3 Å². The fourth-order valence-corrected chi connectivity index (χ4v) is 4.31. The van der Waals surface area contributed by atoms with E-state index in [9.17, 15) is 9.59 Å². The number of nitrogens with zero attached hydrogens (tertiary/aromatic N) is 5. The van der Waals surface area contributed by atoms with Crippen LogP contribution in [0.25, 0.3) is 16.2 Å². The molecule has 0 saturated carbocycles. The van der Waals surface area contributed by atoms with Crippen molar-refractivity contribution in [3.05, 3.63) is 62.6 Å². The number of amides is 1. The summed E-state index contributed by atoms with van der Waals surface area (Å²) in [6.45, 7) is 2.53. The van der Waals surface area contributed by atoms with Gasteiger partial charge in [-0.15, -0.1) is 11.3 Å². The molecule has 1 amide bonds. The normalized spacial score (nSPS) is 13.5. The largest absolute Gasteiger partial charge is 0.327 e. The summed E-state index contributed by atoms with van der Waals surface area (Å²) in [4.78, 5) is 33.1. The number of carbonyl (C=O) groups is 1. The van der Waals surface area contributed by atoms with Gasteiger partial charge in [0.15, 0.2) is 5.65 Å². The molecular formula is C18H16N6O2S. The Morgan fingerprint density at radius 2 is 2.15 bits per heavy atom. The van der Waals surface area contributed by atoms with Gasteiger partial charge in [0.25, 0.3) is 11.5 Å². The van der Waals surface area contributed by atoms with E-state index < -0.39 is 0 Å². The van der Waals surface area contributed by atoms with Gasteiger partial charge < -0.3 is 4.90 Å². The molecule has 1 aliphatic heterocycles. The van der Waals surface area contributed by atoms with Crippen molar-refractivity contribution in [2.24, 2.45) is 7.05 Å². The van der Waals surface area contributed by atoms with Crippen LogP contribution in [0.3, 0.4) is 0 Å². The smallest absolute Gasteiger partial charge is 0.278 e. The lowest BCUT2D eigenvalue weighted by atomic mass is 10.2. The van der Waals surface area contributed by atoms with Crippen LogP contribution in [0, 0.1) is 6.92 Å². The highest BCUT2D eigenvalue weighted by atomic mass is 32.1. The third-order valence-electron chi connectivity index (χ3n) is 4.98. The van der Waals surface area contributed by atoms with Crippen LogP contribution >= 0.6 is 11.3 Å². The van der Waals surface area contributed by atoms with Gasteiger partial charge in [-0.05, 0) is 24.4 Å². The molecule has 4 aromatic rings. The fourth-order valence-electron chi connectivity index (χ4n) is 3.53. The first-order valence-corrected chi connectivity index (χ1v) is 9.37. The monoisotopic (exact) mass is 380 g/mol. The van der Waals surface area contributed by atoms with Crippen molar-refractivity contribution >= 4 is 22.9 Å². The maximum Gasteiger partial charge on any atom is 0.278 e.